The molecule has 3 aliphatic rings. The second-order valence-electron chi connectivity index (χ2n) is 11.1. The minimum absolute atomic E-state index is 0.493. The molecule has 3 rings (SSSR count). The van der Waals surface area contributed by atoms with Crippen LogP contribution in [-0.4, -0.2) is 83.6 Å². The largest absolute Gasteiger partial charge is 0.460 e. The average Bonchev–Trinajstić information content (AvgIpc) is 3.17. The number of esters is 3. The summed E-state index contributed by atoms with van der Waals surface area (Å²) in [6, 6.07) is 0. The number of carbonyl (C=O) groups excluding carboxylic acids is 3. The molecule has 0 aromatic rings. The zero-order valence-electron chi connectivity index (χ0n) is 22.5. The van der Waals surface area contributed by atoms with Crippen LogP contribution in [0.15, 0.2) is 12.2 Å². The molecular weight excluding hydrogens is 714 g/mol. The van der Waals surface area contributed by atoms with Crippen molar-refractivity contribution in [1.82, 2.24) is 0 Å². The molecule has 0 aromatic heterocycles. The zero-order valence-corrected chi connectivity index (χ0v) is 22.5. The number of hydrogen-bond donors (Lipinski definition) is 0. The van der Waals surface area contributed by atoms with Crippen molar-refractivity contribution in [2.24, 2.45) is 11.3 Å². The van der Waals surface area contributed by atoms with E-state index in [1.54, 1.807) is 0 Å². The van der Waals surface area contributed by atoms with E-state index in [1.807, 2.05) is 0 Å². The molecule has 0 amide bonds. The van der Waals surface area contributed by atoms with E-state index in [4.69, 9.17) is 4.74 Å². The van der Waals surface area contributed by atoms with E-state index in [2.05, 4.69) is 16.1 Å². The summed E-state index contributed by atoms with van der Waals surface area (Å²) in [4.78, 5) is 36.1. The molecule has 3 aliphatic carbocycles. The molecule has 0 aromatic carbocycles. The summed E-state index contributed by atoms with van der Waals surface area (Å²) >= 11 is 0. The van der Waals surface area contributed by atoms with Gasteiger partial charge in [0.1, 0.15) is 17.8 Å². The Balaban J connectivity index is 1.94. The summed E-state index contributed by atoms with van der Waals surface area (Å²) in [7, 11) is 0. The molecule has 3 fully saturated rings. The first-order chi connectivity index (χ1) is 20.6. The maximum atomic E-state index is 14.1. The molecule has 24 heteroatoms. The molecule has 5 unspecified atom stereocenters. The minimum Gasteiger partial charge on any atom is -0.458 e. The van der Waals surface area contributed by atoms with Crippen molar-refractivity contribution in [3.8, 4) is 0 Å². The number of carbonyl (C=O) groups is 3. The monoisotopic (exact) mass is 730 g/mol. The highest BCUT2D eigenvalue weighted by molar-refractivity contribution is 5.87. The van der Waals surface area contributed by atoms with Gasteiger partial charge in [0.15, 0.2) is 0 Å². The van der Waals surface area contributed by atoms with Gasteiger partial charge in [0, 0.05) is 12.0 Å². The molecule has 0 saturated heterocycles. The first-order valence-electron chi connectivity index (χ1n) is 12.3. The van der Waals surface area contributed by atoms with Gasteiger partial charge < -0.3 is 14.2 Å². The van der Waals surface area contributed by atoms with Crippen molar-refractivity contribution in [2.75, 3.05) is 0 Å². The van der Waals surface area contributed by atoms with Crippen LogP contribution in [0, 0.1) is 11.3 Å². The summed E-state index contributed by atoms with van der Waals surface area (Å²) in [6.07, 6.45) is -23.2. The number of ether oxygens (including phenoxy) is 3. The van der Waals surface area contributed by atoms with Crippen molar-refractivity contribution in [1.29, 1.82) is 0 Å². The van der Waals surface area contributed by atoms with Crippen molar-refractivity contribution in [3.05, 3.63) is 12.2 Å². The van der Waals surface area contributed by atoms with Crippen LogP contribution in [0.4, 0.5) is 79.0 Å². The van der Waals surface area contributed by atoms with E-state index in [-0.39, 0.29) is 0 Å². The van der Waals surface area contributed by atoms with Crippen molar-refractivity contribution >= 4 is 17.9 Å². The van der Waals surface area contributed by atoms with Crippen molar-refractivity contribution < 1.29 is 108 Å². The predicted molar refractivity (Wildman–Crippen MR) is 110 cm³/mol. The molecule has 6 nitrogen and oxygen atoms in total. The number of halogens is 18. The van der Waals surface area contributed by atoms with Crippen LogP contribution >= 0.6 is 0 Å². The molecule has 0 radical (unpaired) electrons. The lowest BCUT2D eigenvalue weighted by Gasteiger charge is -2.69. The van der Waals surface area contributed by atoms with Crippen LogP contribution in [0.3, 0.4) is 0 Å². The van der Waals surface area contributed by atoms with Gasteiger partial charge in [0.25, 0.3) is 0 Å². The Morgan fingerprint density at radius 2 is 1.02 bits per heavy atom. The Kier molecular flexibility index (Phi) is 8.52. The molecule has 0 N–H and O–H groups in total. The number of rotatable bonds is 10. The Labute approximate surface area is 248 Å². The van der Waals surface area contributed by atoms with Gasteiger partial charge in [-0.3, -0.25) is 0 Å². The van der Waals surface area contributed by atoms with Gasteiger partial charge in [-0.05, 0) is 32.1 Å². The van der Waals surface area contributed by atoms with E-state index in [9.17, 15) is 93.4 Å². The topological polar surface area (TPSA) is 78.9 Å². The van der Waals surface area contributed by atoms with Gasteiger partial charge in [-0.15, -0.1) is 0 Å². The molecule has 0 bridgehead atoms. The summed E-state index contributed by atoms with van der Waals surface area (Å²) in [5.41, 5.74) is -5.21. The molecule has 5 atom stereocenters. The quantitative estimate of drug-likeness (QED) is 0.107. The maximum Gasteiger partial charge on any atom is 0.460 e. The molecule has 0 aliphatic heterocycles. The smallest absolute Gasteiger partial charge is 0.458 e. The highest BCUT2D eigenvalue weighted by atomic mass is 19.4. The highest BCUT2D eigenvalue weighted by Gasteiger charge is 2.87. The fourth-order valence-electron chi connectivity index (χ4n) is 5.86. The fourth-order valence-corrected chi connectivity index (χ4v) is 5.86. The van der Waals surface area contributed by atoms with Crippen LogP contribution in [-0.2, 0) is 28.6 Å². The van der Waals surface area contributed by atoms with E-state index in [0.717, 1.165) is 6.92 Å². The third-order valence-corrected chi connectivity index (χ3v) is 8.31. The zero-order chi connectivity index (χ0) is 37.0. The molecule has 270 valence electrons. The van der Waals surface area contributed by atoms with E-state index in [0.29, 0.717) is 0 Å². The lowest BCUT2D eigenvalue weighted by atomic mass is 9.39. The molecule has 3 saturated carbocycles. The van der Waals surface area contributed by atoms with Gasteiger partial charge in [-0.25, -0.2) is 14.4 Å². The SMILES string of the molecule is C=C(C)C(=O)OC12CC(OC(=O)C(F)(F)C(F)(F)C(F)(F)C(F)(F)F)CC13C(CC3OC(=O)C(F)(F)C(F)(F)C(F)(F)C(F)(F)F)C2. The van der Waals surface area contributed by atoms with Gasteiger partial charge in [-0.1, -0.05) is 6.58 Å². The Morgan fingerprint density at radius 1 is 0.617 bits per heavy atom. The number of hydrogen-bond acceptors (Lipinski definition) is 6. The average molecular weight is 730 g/mol. The van der Waals surface area contributed by atoms with Crippen LogP contribution in [0.2, 0.25) is 0 Å². The van der Waals surface area contributed by atoms with Gasteiger partial charge >= 0.3 is 65.8 Å². The summed E-state index contributed by atoms with van der Waals surface area (Å²) in [5.74, 6) is -54.0. The van der Waals surface area contributed by atoms with Crippen LogP contribution in [0.1, 0.15) is 32.6 Å². The lowest BCUT2D eigenvalue weighted by Crippen LogP contribution is -2.75. The molecule has 1 spiro atoms. The molecule has 47 heavy (non-hydrogen) atoms. The summed E-state index contributed by atoms with van der Waals surface area (Å²) in [5, 5.41) is 0. The lowest BCUT2D eigenvalue weighted by molar-refractivity contribution is -0.393. The summed E-state index contributed by atoms with van der Waals surface area (Å²) in [6.45, 7) is 4.10. The highest BCUT2D eigenvalue weighted by Crippen LogP contribution is 2.76. The molecule has 0 heterocycles. The Morgan fingerprint density at radius 3 is 1.38 bits per heavy atom. The summed E-state index contributed by atoms with van der Waals surface area (Å²) < 4.78 is 252. The first-order valence-corrected chi connectivity index (χ1v) is 12.3. The van der Waals surface area contributed by atoms with Gasteiger partial charge in [0.2, 0.25) is 0 Å². The standard InChI is InChI=1S/C23H16F18O6/c1-7(2)11(42)47-14-4-8-3-10(46-13(44)17(26,27)19(30,31)21(34,35)23(39,40)41)15(8,14)6-9(5-14)45-12(43)16(24,25)18(28,29)20(32,33)22(36,37)38/h8-10H,1,3-6H2,2H3. The van der Waals surface area contributed by atoms with Crippen LogP contribution < -0.4 is 0 Å². The third-order valence-electron chi connectivity index (χ3n) is 8.31. The van der Waals surface area contributed by atoms with E-state index >= 15 is 0 Å². The first kappa shape index (κ1) is 38.3. The van der Waals surface area contributed by atoms with E-state index < -0.39 is 126 Å². The fraction of sp³-hybridized carbons (Fsp3) is 0.783. The Bertz CT molecular complexity index is 1340. The second kappa shape index (κ2) is 10.4. The van der Waals surface area contributed by atoms with Crippen molar-refractivity contribution in [2.45, 2.75) is 98.3 Å². The van der Waals surface area contributed by atoms with E-state index in [1.165, 1.54) is 0 Å². The van der Waals surface area contributed by atoms with Crippen molar-refractivity contribution in [3.63, 3.8) is 0 Å². The Hall–Kier alpha value is -3.11. The second-order valence-corrected chi connectivity index (χ2v) is 11.1. The third kappa shape index (κ3) is 4.99. The molecular formula is C23H16F18O6. The number of alkyl halides is 18. The maximum absolute atomic E-state index is 14.1. The normalized spacial score (nSPS) is 28.7. The minimum atomic E-state index is -7.54. The van der Waals surface area contributed by atoms with Crippen LogP contribution in [0.5, 0.6) is 0 Å². The van der Waals surface area contributed by atoms with Crippen LogP contribution in [0.25, 0.3) is 0 Å². The van der Waals surface area contributed by atoms with Gasteiger partial charge in [0.05, 0.1) is 5.41 Å². The van der Waals surface area contributed by atoms with Gasteiger partial charge in [-0.2, -0.15) is 79.0 Å². The predicted octanol–water partition coefficient (Wildman–Crippen LogP) is 6.81.